The Hall–Kier alpha value is -1.98. The van der Waals surface area contributed by atoms with Gasteiger partial charge in [-0.3, -0.25) is 0 Å². The summed E-state index contributed by atoms with van der Waals surface area (Å²) in [6.45, 7) is 2.48. The lowest BCUT2D eigenvalue weighted by molar-refractivity contribution is 0.387. The summed E-state index contributed by atoms with van der Waals surface area (Å²) in [5, 5.41) is 14.5. The molecule has 6 nitrogen and oxygen atoms in total. The average Bonchev–Trinajstić information content (AvgIpc) is 2.66. The minimum absolute atomic E-state index is 0.588. The number of rotatable bonds is 4. The van der Waals surface area contributed by atoms with E-state index >= 15 is 0 Å². The Morgan fingerprint density at radius 2 is 2.40 bits per heavy atom. The SMILES string of the molecule is Cc1nc(CCNc2cccnn2)no1. The summed E-state index contributed by atoms with van der Waals surface area (Å²) in [6.07, 6.45) is 2.33. The van der Waals surface area contributed by atoms with E-state index in [2.05, 4.69) is 25.7 Å². The first-order chi connectivity index (χ1) is 7.34. The molecule has 2 rings (SSSR count). The van der Waals surface area contributed by atoms with Gasteiger partial charge in [0.2, 0.25) is 5.89 Å². The third kappa shape index (κ3) is 2.73. The highest BCUT2D eigenvalue weighted by molar-refractivity contribution is 5.31. The van der Waals surface area contributed by atoms with Crippen LogP contribution in [0.15, 0.2) is 22.9 Å². The Morgan fingerprint density at radius 1 is 1.47 bits per heavy atom. The van der Waals surface area contributed by atoms with Crippen LogP contribution < -0.4 is 5.32 Å². The molecule has 0 aromatic carbocycles. The van der Waals surface area contributed by atoms with Crippen LogP contribution in [0.3, 0.4) is 0 Å². The van der Waals surface area contributed by atoms with E-state index in [0.29, 0.717) is 24.7 Å². The van der Waals surface area contributed by atoms with Crippen LogP contribution in [0.4, 0.5) is 5.82 Å². The maximum Gasteiger partial charge on any atom is 0.223 e. The molecule has 0 fully saturated rings. The van der Waals surface area contributed by atoms with Gasteiger partial charge in [0, 0.05) is 26.1 Å². The molecule has 0 amide bonds. The maximum absolute atomic E-state index is 4.85. The summed E-state index contributed by atoms with van der Waals surface area (Å²) in [4.78, 5) is 4.09. The Labute approximate surface area is 86.7 Å². The Kier molecular flexibility index (Phi) is 2.87. The first-order valence-corrected chi connectivity index (χ1v) is 4.65. The number of nitrogens with one attached hydrogen (secondary N) is 1. The summed E-state index contributed by atoms with van der Waals surface area (Å²) >= 11 is 0. The van der Waals surface area contributed by atoms with Gasteiger partial charge < -0.3 is 9.84 Å². The van der Waals surface area contributed by atoms with Gasteiger partial charge in [-0.15, -0.1) is 5.10 Å². The monoisotopic (exact) mass is 205 g/mol. The van der Waals surface area contributed by atoms with E-state index in [4.69, 9.17) is 4.52 Å². The third-order valence-electron chi connectivity index (χ3n) is 1.80. The van der Waals surface area contributed by atoms with Gasteiger partial charge in [-0.05, 0) is 12.1 Å². The molecule has 0 radical (unpaired) electrons. The molecule has 15 heavy (non-hydrogen) atoms. The van der Waals surface area contributed by atoms with Crippen molar-refractivity contribution in [2.24, 2.45) is 0 Å². The van der Waals surface area contributed by atoms with E-state index in [1.807, 2.05) is 12.1 Å². The summed E-state index contributed by atoms with van der Waals surface area (Å²) in [5.74, 6) is 2.03. The van der Waals surface area contributed by atoms with E-state index in [1.54, 1.807) is 13.1 Å². The van der Waals surface area contributed by atoms with Crippen LogP contribution in [-0.2, 0) is 6.42 Å². The van der Waals surface area contributed by atoms with Crippen LogP contribution in [0, 0.1) is 6.92 Å². The van der Waals surface area contributed by atoms with Crippen LogP contribution in [-0.4, -0.2) is 26.9 Å². The van der Waals surface area contributed by atoms with Crippen molar-refractivity contribution in [3.8, 4) is 0 Å². The van der Waals surface area contributed by atoms with Gasteiger partial charge in [0.05, 0.1) is 0 Å². The minimum atomic E-state index is 0.588. The van der Waals surface area contributed by atoms with Crippen molar-refractivity contribution in [1.29, 1.82) is 0 Å². The van der Waals surface area contributed by atoms with Gasteiger partial charge in [0.15, 0.2) is 5.82 Å². The smallest absolute Gasteiger partial charge is 0.223 e. The van der Waals surface area contributed by atoms with Crippen LogP contribution in [0.5, 0.6) is 0 Å². The number of anilines is 1. The number of nitrogens with zero attached hydrogens (tertiary/aromatic N) is 4. The fourth-order valence-electron chi connectivity index (χ4n) is 1.14. The van der Waals surface area contributed by atoms with Crippen molar-refractivity contribution >= 4 is 5.82 Å². The predicted molar refractivity (Wildman–Crippen MR) is 53.3 cm³/mol. The highest BCUT2D eigenvalue weighted by atomic mass is 16.5. The normalized spacial score (nSPS) is 10.2. The second-order valence-electron chi connectivity index (χ2n) is 3.02. The molecule has 0 atom stereocenters. The van der Waals surface area contributed by atoms with Crippen molar-refractivity contribution in [3.63, 3.8) is 0 Å². The zero-order chi connectivity index (χ0) is 10.5. The minimum Gasteiger partial charge on any atom is -0.368 e. The van der Waals surface area contributed by atoms with Gasteiger partial charge in [-0.1, -0.05) is 5.16 Å². The van der Waals surface area contributed by atoms with Crippen molar-refractivity contribution < 1.29 is 4.52 Å². The molecule has 1 N–H and O–H groups in total. The number of aromatic nitrogens is 4. The van der Waals surface area contributed by atoms with Crippen molar-refractivity contribution in [2.45, 2.75) is 13.3 Å². The Balaban J connectivity index is 1.80. The lowest BCUT2D eigenvalue weighted by Crippen LogP contribution is -2.07. The molecule has 78 valence electrons. The molecule has 0 saturated carbocycles. The molecular formula is C9H11N5O. The lowest BCUT2D eigenvalue weighted by atomic mass is 10.4. The second-order valence-corrected chi connectivity index (χ2v) is 3.02. The highest BCUT2D eigenvalue weighted by Crippen LogP contribution is 1.99. The molecule has 2 heterocycles. The van der Waals surface area contributed by atoms with Crippen molar-refractivity contribution in [2.75, 3.05) is 11.9 Å². The van der Waals surface area contributed by atoms with E-state index < -0.39 is 0 Å². The molecule has 2 aromatic rings. The van der Waals surface area contributed by atoms with Crippen LogP contribution >= 0.6 is 0 Å². The van der Waals surface area contributed by atoms with E-state index in [-0.39, 0.29) is 0 Å². The fourth-order valence-corrected chi connectivity index (χ4v) is 1.14. The van der Waals surface area contributed by atoms with Gasteiger partial charge >= 0.3 is 0 Å². The molecule has 2 aromatic heterocycles. The van der Waals surface area contributed by atoms with Gasteiger partial charge in [0.25, 0.3) is 0 Å². The molecule has 0 unspecified atom stereocenters. The molecule has 6 heteroatoms. The first kappa shape index (κ1) is 9.57. The largest absolute Gasteiger partial charge is 0.368 e. The van der Waals surface area contributed by atoms with E-state index in [9.17, 15) is 0 Å². The molecule has 0 aliphatic carbocycles. The highest BCUT2D eigenvalue weighted by Gasteiger charge is 2.01. The van der Waals surface area contributed by atoms with Crippen LogP contribution in [0.1, 0.15) is 11.7 Å². The number of hydrogen-bond donors (Lipinski definition) is 1. The van der Waals surface area contributed by atoms with Crippen molar-refractivity contribution in [3.05, 3.63) is 30.0 Å². The van der Waals surface area contributed by atoms with E-state index in [0.717, 1.165) is 5.82 Å². The van der Waals surface area contributed by atoms with E-state index in [1.165, 1.54) is 0 Å². The molecule has 0 bridgehead atoms. The summed E-state index contributed by atoms with van der Waals surface area (Å²) in [7, 11) is 0. The zero-order valence-electron chi connectivity index (χ0n) is 8.34. The number of hydrogen-bond acceptors (Lipinski definition) is 6. The lowest BCUT2D eigenvalue weighted by Gasteiger charge is -2.00. The fraction of sp³-hybridized carbons (Fsp3) is 0.333. The Bertz CT molecular complexity index is 413. The van der Waals surface area contributed by atoms with Gasteiger partial charge in [0.1, 0.15) is 5.82 Å². The summed E-state index contributed by atoms with van der Waals surface area (Å²) < 4.78 is 4.85. The zero-order valence-corrected chi connectivity index (χ0v) is 8.34. The average molecular weight is 205 g/mol. The first-order valence-electron chi connectivity index (χ1n) is 4.65. The number of aryl methyl sites for hydroxylation is 1. The maximum atomic E-state index is 4.85. The van der Waals surface area contributed by atoms with Gasteiger partial charge in [-0.2, -0.15) is 10.1 Å². The predicted octanol–water partition coefficient (Wildman–Crippen LogP) is 0.823. The molecular weight excluding hydrogens is 194 g/mol. The Morgan fingerprint density at radius 3 is 3.07 bits per heavy atom. The van der Waals surface area contributed by atoms with Crippen LogP contribution in [0.25, 0.3) is 0 Å². The topological polar surface area (TPSA) is 76.7 Å². The second kappa shape index (κ2) is 4.50. The standard InChI is InChI=1S/C9H11N5O/c1-7-12-9(14-15-7)4-6-10-8-3-2-5-11-13-8/h2-3,5H,4,6H2,1H3,(H,10,13). The summed E-state index contributed by atoms with van der Waals surface area (Å²) in [5.41, 5.74) is 0. The quantitative estimate of drug-likeness (QED) is 0.796. The van der Waals surface area contributed by atoms with Crippen molar-refractivity contribution in [1.82, 2.24) is 20.3 Å². The molecule has 0 aliphatic heterocycles. The molecule has 0 saturated heterocycles. The summed E-state index contributed by atoms with van der Waals surface area (Å²) in [6, 6.07) is 3.68. The van der Waals surface area contributed by atoms with Gasteiger partial charge in [-0.25, -0.2) is 0 Å². The van der Waals surface area contributed by atoms with Crippen LogP contribution in [0.2, 0.25) is 0 Å². The molecule has 0 spiro atoms. The molecule has 0 aliphatic rings. The third-order valence-corrected chi connectivity index (χ3v) is 1.80.